The molecule has 41 heavy (non-hydrogen) atoms. The van der Waals surface area contributed by atoms with Crippen molar-refractivity contribution < 1.29 is 0 Å². The fourth-order valence-electron chi connectivity index (χ4n) is 7.70. The summed E-state index contributed by atoms with van der Waals surface area (Å²) in [6.45, 7) is 2.48. The predicted molar refractivity (Wildman–Crippen MR) is 175 cm³/mol. The summed E-state index contributed by atoms with van der Waals surface area (Å²) in [7, 11) is 0. The molecule has 0 fully saturated rings. The maximum Gasteiger partial charge on any atom is 0.264 e. The molecule has 2 aliphatic heterocycles. The van der Waals surface area contributed by atoms with E-state index in [0.29, 0.717) is 0 Å². The fourth-order valence-corrected chi connectivity index (χ4v) is 9.02. The molecule has 5 aromatic carbocycles. The SMILES string of the molecule is Cc1cc2c3c(c1)N(c1ccccc1)c1c(sc4ccccc14)B3c1cc3c(cc1N2c1ccc2c(c1)CC2)CC3. The molecule has 6 aromatic rings. The van der Waals surface area contributed by atoms with Crippen LogP contribution in [0.15, 0.2) is 97.1 Å². The normalized spacial score (nSPS) is 15.4. The molecule has 0 saturated heterocycles. The first-order valence-corrected chi connectivity index (χ1v) is 15.6. The molecule has 10 rings (SSSR count). The summed E-state index contributed by atoms with van der Waals surface area (Å²) in [6.07, 6.45) is 4.78. The number of benzene rings is 5. The molecular formula is C37H27BN2S. The monoisotopic (exact) mass is 542 g/mol. The van der Waals surface area contributed by atoms with Gasteiger partial charge in [0.2, 0.25) is 0 Å². The van der Waals surface area contributed by atoms with Crippen LogP contribution in [0.25, 0.3) is 10.1 Å². The van der Waals surface area contributed by atoms with E-state index in [1.165, 1.54) is 113 Å². The van der Waals surface area contributed by atoms with Gasteiger partial charge in [0.1, 0.15) is 0 Å². The second kappa shape index (κ2) is 7.93. The van der Waals surface area contributed by atoms with E-state index >= 15 is 0 Å². The predicted octanol–water partition coefficient (Wildman–Crippen LogP) is 7.49. The molecular weight excluding hydrogens is 515 g/mol. The van der Waals surface area contributed by atoms with Gasteiger partial charge in [-0.3, -0.25) is 0 Å². The Morgan fingerprint density at radius 3 is 2.10 bits per heavy atom. The van der Waals surface area contributed by atoms with E-state index in [1.807, 2.05) is 11.3 Å². The molecule has 2 nitrogen and oxygen atoms in total. The van der Waals surface area contributed by atoms with Gasteiger partial charge in [0.15, 0.2) is 0 Å². The van der Waals surface area contributed by atoms with E-state index in [2.05, 4.69) is 114 Å². The zero-order chi connectivity index (χ0) is 26.8. The van der Waals surface area contributed by atoms with E-state index in [1.54, 1.807) is 0 Å². The second-order valence-corrected chi connectivity index (χ2v) is 13.2. The third-order valence-corrected chi connectivity index (χ3v) is 11.0. The first-order valence-electron chi connectivity index (χ1n) is 14.8. The number of aryl methyl sites for hydroxylation is 5. The van der Waals surface area contributed by atoms with Gasteiger partial charge in [-0.25, -0.2) is 0 Å². The van der Waals surface area contributed by atoms with Crippen LogP contribution in [0.3, 0.4) is 0 Å². The molecule has 0 unspecified atom stereocenters. The highest BCUT2D eigenvalue weighted by molar-refractivity contribution is 7.33. The summed E-state index contributed by atoms with van der Waals surface area (Å²) in [5.41, 5.74) is 18.2. The van der Waals surface area contributed by atoms with E-state index < -0.39 is 0 Å². The number of rotatable bonds is 2. The Labute approximate surface area is 244 Å². The summed E-state index contributed by atoms with van der Waals surface area (Å²) >= 11 is 1.98. The maximum absolute atomic E-state index is 2.59. The van der Waals surface area contributed by atoms with Crippen molar-refractivity contribution in [2.24, 2.45) is 0 Å². The quantitative estimate of drug-likeness (QED) is 0.209. The minimum atomic E-state index is 0.219. The van der Waals surface area contributed by atoms with Gasteiger partial charge in [0.05, 0.1) is 5.69 Å². The molecule has 2 aliphatic carbocycles. The molecule has 4 aliphatic rings. The third kappa shape index (κ3) is 2.93. The van der Waals surface area contributed by atoms with Crippen LogP contribution in [0.5, 0.6) is 0 Å². The molecule has 0 saturated carbocycles. The van der Waals surface area contributed by atoms with Crippen molar-refractivity contribution in [3.63, 3.8) is 0 Å². The lowest BCUT2D eigenvalue weighted by molar-refractivity contribution is 0.837. The number of para-hydroxylation sites is 1. The molecule has 0 bridgehead atoms. The van der Waals surface area contributed by atoms with Crippen LogP contribution in [0.2, 0.25) is 0 Å². The van der Waals surface area contributed by atoms with Gasteiger partial charge < -0.3 is 9.80 Å². The minimum absolute atomic E-state index is 0.219. The van der Waals surface area contributed by atoms with Crippen molar-refractivity contribution in [3.05, 3.63) is 125 Å². The lowest BCUT2D eigenvalue weighted by Crippen LogP contribution is -2.60. The number of thiophene rings is 1. The molecule has 1 aromatic heterocycles. The fraction of sp³-hybridized carbons (Fsp3) is 0.135. The Kier molecular flexibility index (Phi) is 4.33. The van der Waals surface area contributed by atoms with Gasteiger partial charge in [-0.05, 0) is 120 Å². The molecule has 0 atom stereocenters. The average molecular weight is 543 g/mol. The lowest BCUT2D eigenvalue weighted by atomic mass is 9.36. The van der Waals surface area contributed by atoms with E-state index in [-0.39, 0.29) is 6.71 Å². The number of hydrogen-bond acceptors (Lipinski definition) is 3. The summed E-state index contributed by atoms with van der Waals surface area (Å²) in [5.74, 6) is 0. The van der Waals surface area contributed by atoms with Crippen molar-refractivity contribution in [1.82, 2.24) is 0 Å². The van der Waals surface area contributed by atoms with Crippen LogP contribution in [0, 0.1) is 6.92 Å². The van der Waals surface area contributed by atoms with Crippen LogP contribution in [0.1, 0.15) is 27.8 Å². The first kappa shape index (κ1) is 22.4. The van der Waals surface area contributed by atoms with Crippen LogP contribution in [0.4, 0.5) is 34.1 Å². The van der Waals surface area contributed by atoms with Crippen LogP contribution >= 0.6 is 11.3 Å². The number of anilines is 6. The highest BCUT2D eigenvalue weighted by Gasteiger charge is 2.46. The lowest BCUT2D eigenvalue weighted by Gasteiger charge is -2.44. The summed E-state index contributed by atoms with van der Waals surface area (Å²) < 4.78 is 2.82. The Bertz CT molecular complexity index is 2090. The van der Waals surface area contributed by atoms with Crippen molar-refractivity contribution >= 4 is 78.0 Å². The maximum atomic E-state index is 2.59. The second-order valence-electron chi connectivity index (χ2n) is 12.1. The van der Waals surface area contributed by atoms with Crippen LogP contribution in [-0.2, 0) is 25.7 Å². The van der Waals surface area contributed by atoms with Gasteiger partial charge in [0.25, 0.3) is 6.71 Å². The Balaban J connectivity index is 1.34. The Morgan fingerprint density at radius 2 is 1.32 bits per heavy atom. The van der Waals surface area contributed by atoms with Gasteiger partial charge in [0, 0.05) is 43.3 Å². The van der Waals surface area contributed by atoms with E-state index in [0.717, 1.165) is 0 Å². The number of fused-ring (bicyclic) bond motifs is 8. The first-order chi connectivity index (χ1) is 20.2. The zero-order valence-electron chi connectivity index (χ0n) is 22.9. The smallest absolute Gasteiger partial charge is 0.264 e. The van der Waals surface area contributed by atoms with Gasteiger partial charge in [-0.2, -0.15) is 0 Å². The van der Waals surface area contributed by atoms with Crippen molar-refractivity contribution in [1.29, 1.82) is 0 Å². The molecule has 0 radical (unpaired) electrons. The standard InChI is InChI=1S/C37H27BN2S/c1-22-17-32-35-33(18-22)40(27-7-3-2-4-8-27)36-29-9-5-6-10-34(29)41-37(36)38(35)30-20-25-13-14-26(25)21-31(30)39(32)28-16-15-23-11-12-24(23)19-28/h2-10,15-21H,11-14H2,1H3. The summed E-state index contributed by atoms with van der Waals surface area (Å²) in [5, 5.41) is 1.35. The topological polar surface area (TPSA) is 6.48 Å². The number of nitrogens with zero attached hydrogens (tertiary/aromatic N) is 2. The highest BCUT2D eigenvalue weighted by Crippen LogP contribution is 2.49. The van der Waals surface area contributed by atoms with Crippen LogP contribution < -0.4 is 25.5 Å². The third-order valence-electron chi connectivity index (χ3n) is 9.82. The summed E-state index contributed by atoms with van der Waals surface area (Å²) in [4.78, 5) is 5.15. The van der Waals surface area contributed by atoms with Gasteiger partial charge >= 0.3 is 0 Å². The molecule has 4 heteroatoms. The number of hydrogen-bond donors (Lipinski definition) is 0. The van der Waals surface area contributed by atoms with Gasteiger partial charge in [-0.1, -0.05) is 48.5 Å². The molecule has 3 heterocycles. The molecule has 0 amide bonds. The van der Waals surface area contributed by atoms with Gasteiger partial charge in [-0.15, -0.1) is 11.3 Å². The Hall–Kier alpha value is -4.28. The van der Waals surface area contributed by atoms with Crippen molar-refractivity contribution in [3.8, 4) is 0 Å². The average Bonchev–Trinajstić information content (AvgIpc) is 3.34. The largest absolute Gasteiger partial charge is 0.311 e. The van der Waals surface area contributed by atoms with Crippen LogP contribution in [-0.4, -0.2) is 6.71 Å². The van der Waals surface area contributed by atoms with Crippen molar-refractivity contribution in [2.75, 3.05) is 9.80 Å². The minimum Gasteiger partial charge on any atom is -0.311 e. The highest BCUT2D eigenvalue weighted by atomic mass is 32.1. The van der Waals surface area contributed by atoms with E-state index in [9.17, 15) is 0 Å². The Morgan fingerprint density at radius 1 is 0.610 bits per heavy atom. The zero-order valence-corrected chi connectivity index (χ0v) is 23.8. The molecule has 194 valence electrons. The summed E-state index contributed by atoms with van der Waals surface area (Å²) in [6, 6.07) is 37.1. The molecule has 0 spiro atoms. The van der Waals surface area contributed by atoms with Crippen molar-refractivity contribution in [2.45, 2.75) is 32.6 Å². The molecule has 0 N–H and O–H groups in total. The van der Waals surface area contributed by atoms with E-state index in [4.69, 9.17) is 0 Å².